The molecule has 0 spiro atoms. The number of carboxylic acid groups (broad SMARTS) is 2. The van der Waals surface area contributed by atoms with Gasteiger partial charge >= 0.3 is 11.9 Å². The Labute approximate surface area is 65.2 Å². The summed E-state index contributed by atoms with van der Waals surface area (Å²) in [6.45, 7) is 7.50. The monoisotopic (exact) mass is 160 g/mol. The van der Waals surface area contributed by atoms with Gasteiger partial charge in [-0.3, -0.25) is 9.59 Å². The lowest BCUT2D eigenvalue weighted by Gasteiger charge is -1.80. The molecule has 0 aromatic carbocycles. The molecule has 0 unspecified atom stereocenters. The van der Waals surface area contributed by atoms with Crippen LogP contribution in [0.2, 0.25) is 0 Å². The van der Waals surface area contributed by atoms with E-state index in [1.807, 2.05) is 13.8 Å². The van der Waals surface area contributed by atoms with Crippen LogP contribution in [0.15, 0.2) is 12.2 Å². The van der Waals surface area contributed by atoms with E-state index in [-0.39, 0.29) is 0 Å². The quantitative estimate of drug-likeness (QED) is 0.469. The number of hydrogen-bond donors (Lipinski definition) is 2. The molecule has 2 N–H and O–H groups in total. The molecule has 0 rings (SSSR count). The Morgan fingerprint density at radius 2 is 1.36 bits per heavy atom. The molecular formula is C7H12O4. The first-order valence-electron chi connectivity index (χ1n) is 2.92. The van der Waals surface area contributed by atoms with Gasteiger partial charge in [-0.25, -0.2) is 0 Å². The average Bonchev–Trinajstić information content (AvgIpc) is 1.56. The molecule has 0 amide bonds. The van der Waals surface area contributed by atoms with Crippen LogP contribution >= 0.6 is 0 Å². The van der Waals surface area contributed by atoms with Gasteiger partial charge in [0.15, 0.2) is 0 Å². The van der Waals surface area contributed by atoms with Gasteiger partial charge in [0.2, 0.25) is 0 Å². The van der Waals surface area contributed by atoms with E-state index in [0.717, 1.165) is 0 Å². The minimum atomic E-state index is -1.31. The summed E-state index contributed by atoms with van der Waals surface area (Å²) >= 11 is 0. The molecule has 11 heavy (non-hydrogen) atoms. The summed E-state index contributed by atoms with van der Waals surface area (Å²) in [5.74, 6) is -2.62. The second-order valence-electron chi connectivity index (χ2n) is 2.17. The molecule has 0 saturated heterocycles. The first-order valence-corrected chi connectivity index (χ1v) is 2.92. The minimum absolute atomic E-state index is 0.806. The van der Waals surface area contributed by atoms with E-state index in [1.54, 1.807) is 0 Å². The molecule has 0 aliphatic carbocycles. The molecule has 0 heterocycles. The van der Waals surface area contributed by atoms with E-state index in [4.69, 9.17) is 10.2 Å². The van der Waals surface area contributed by atoms with Crippen molar-refractivity contribution in [2.45, 2.75) is 20.3 Å². The summed E-state index contributed by atoms with van der Waals surface area (Å²) in [7, 11) is 0. The van der Waals surface area contributed by atoms with E-state index in [0.29, 0.717) is 0 Å². The zero-order valence-electron chi connectivity index (χ0n) is 6.63. The Hall–Kier alpha value is -1.32. The summed E-state index contributed by atoms with van der Waals surface area (Å²) in [5.41, 5.74) is 1.17. The summed E-state index contributed by atoms with van der Waals surface area (Å²) in [5, 5.41) is 15.4. The molecule has 4 heteroatoms. The van der Waals surface area contributed by atoms with Gasteiger partial charge in [-0.15, -0.1) is 6.58 Å². The molecular weight excluding hydrogens is 148 g/mol. The van der Waals surface area contributed by atoms with Crippen LogP contribution in [0.4, 0.5) is 0 Å². The lowest BCUT2D eigenvalue weighted by molar-refractivity contribution is -0.147. The maximum atomic E-state index is 9.43. The molecule has 0 radical (unpaired) electrons. The van der Waals surface area contributed by atoms with Crippen LogP contribution in [0.1, 0.15) is 20.3 Å². The normalized spacial score (nSPS) is 7.45. The Morgan fingerprint density at radius 3 is 1.36 bits per heavy atom. The zero-order chi connectivity index (χ0) is 9.44. The van der Waals surface area contributed by atoms with E-state index < -0.39 is 18.4 Å². The molecule has 0 saturated carbocycles. The van der Waals surface area contributed by atoms with Gasteiger partial charge in [-0.1, -0.05) is 5.57 Å². The minimum Gasteiger partial charge on any atom is -0.481 e. The van der Waals surface area contributed by atoms with Crippen LogP contribution in [0.3, 0.4) is 0 Å². The van der Waals surface area contributed by atoms with Crippen molar-refractivity contribution in [1.82, 2.24) is 0 Å². The number of carboxylic acids is 2. The number of rotatable bonds is 2. The van der Waals surface area contributed by atoms with Crippen LogP contribution in [0.5, 0.6) is 0 Å². The van der Waals surface area contributed by atoms with Crippen molar-refractivity contribution in [1.29, 1.82) is 0 Å². The van der Waals surface area contributed by atoms with Crippen molar-refractivity contribution in [2.75, 3.05) is 0 Å². The smallest absolute Gasteiger partial charge is 0.314 e. The predicted molar refractivity (Wildman–Crippen MR) is 40.4 cm³/mol. The summed E-state index contributed by atoms with van der Waals surface area (Å²) in [6, 6.07) is 0. The van der Waals surface area contributed by atoms with Gasteiger partial charge in [0.1, 0.15) is 6.42 Å². The first-order chi connectivity index (χ1) is 4.86. The molecule has 0 aliphatic rings. The van der Waals surface area contributed by atoms with E-state index >= 15 is 0 Å². The standard InChI is InChI=1S/C4H8.C3H4O4/c1-4(2)3;4-2(5)1-3(6)7/h1H2,2-3H3;1H2,(H,4,5)(H,6,7). The third-order valence-corrected chi connectivity index (χ3v) is 0.302. The highest BCUT2D eigenvalue weighted by molar-refractivity contribution is 5.88. The predicted octanol–water partition coefficient (Wildman–Crippen LogP) is 1.13. The topological polar surface area (TPSA) is 74.6 Å². The summed E-state index contributed by atoms with van der Waals surface area (Å²) < 4.78 is 0. The Kier molecular flexibility index (Phi) is 7.64. The van der Waals surface area contributed by atoms with Crippen molar-refractivity contribution in [3.05, 3.63) is 12.2 Å². The Morgan fingerprint density at radius 1 is 1.18 bits per heavy atom. The molecule has 0 aliphatic heterocycles. The van der Waals surface area contributed by atoms with Crippen molar-refractivity contribution < 1.29 is 19.8 Å². The zero-order valence-corrected chi connectivity index (χ0v) is 6.63. The lowest BCUT2D eigenvalue weighted by Crippen LogP contribution is -2.03. The van der Waals surface area contributed by atoms with Gasteiger partial charge < -0.3 is 10.2 Å². The van der Waals surface area contributed by atoms with Crippen LogP contribution in [0.25, 0.3) is 0 Å². The highest BCUT2D eigenvalue weighted by atomic mass is 16.4. The SMILES string of the molecule is C=C(C)C.O=C(O)CC(=O)O. The summed E-state index contributed by atoms with van der Waals surface area (Å²) in [6.07, 6.45) is -0.806. The molecule has 64 valence electrons. The molecule has 0 bridgehead atoms. The van der Waals surface area contributed by atoms with E-state index in [9.17, 15) is 9.59 Å². The Balaban J connectivity index is 0. The molecule has 4 nitrogen and oxygen atoms in total. The van der Waals surface area contributed by atoms with Crippen LogP contribution < -0.4 is 0 Å². The number of carbonyl (C=O) groups is 2. The number of hydrogen-bond acceptors (Lipinski definition) is 2. The van der Waals surface area contributed by atoms with Gasteiger partial charge in [-0.2, -0.15) is 0 Å². The highest BCUT2D eigenvalue weighted by Crippen LogP contribution is 1.74. The van der Waals surface area contributed by atoms with Crippen molar-refractivity contribution in [3.8, 4) is 0 Å². The fraction of sp³-hybridized carbons (Fsp3) is 0.429. The van der Waals surface area contributed by atoms with Crippen LogP contribution in [-0.4, -0.2) is 22.2 Å². The molecule has 0 atom stereocenters. The van der Waals surface area contributed by atoms with Gasteiger partial charge in [0.25, 0.3) is 0 Å². The van der Waals surface area contributed by atoms with Crippen molar-refractivity contribution in [3.63, 3.8) is 0 Å². The second-order valence-corrected chi connectivity index (χ2v) is 2.17. The van der Waals surface area contributed by atoms with E-state index in [1.165, 1.54) is 5.57 Å². The fourth-order valence-corrected chi connectivity index (χ4v) is 0.129. The highest BCUT2D eigenvalue weighted by Gasteiger charge is 2.01. The number of allylic oxidation sites excluding steroid dienone is 1. The van der Waals surface area contributed by atoms with E-state index in [2.05, 4.69) is 6.58 Å². The largest absolute Gasteiger partial charge is 0.481 e. The lowest BCUT2D eigenvalue weighted by atomic mass is 10.4. The summed E-state index contributed by atoms with van der Waals surface area (Å²) in [4.78, 5) is 18.9. The Bertz CT molecular complexity index is 144. The fourth-order valence-electron chi connectivity index (χ4n) is 0.129. The van der Waals surface area contributed by atoms with Crippen molar-refractivity contribution in [2.24, 2.45) is 0 Å². The number of aliphatic carboxylic acids is 2. The van der Waals surface area contributed by atoms with Crippen molar-refractivity contribution >= 4 is 11.9 Å². The van der Waals surface area contributed by atoms with Gasteiger partial charge in [0.05, 0.1) is 0 Å². The maximum absolute atomic E-state index is 9.43. The first kappa shape index (κ1) is 12.4. The molecule has 0 aromatic rings. The maximum Gasteiger partial charge on any atom is 0.314 e. The van der Waals surface area contributed by atoms with Gasteiger partial charge in [0, 0.05) is 0 Å². The average molecular weight is 160 g/mol. The van der Waals surface area contributed by atoms with Gasteiger partial charge in [-0.05, 0) is 13.8 Å². The molecule has 0 fully saturated rings. The van der Waals surface area contributed by atoms with Crippen LogP contribution in [0, 0.1) is 0 Å². The third-order valence-electron chi connectivity index (χ3n) is 0.302. The third kappa shape index (κ3) is 53.9. The second kappa shape index (κ2) is 6.80. The molecule has 0 aromatic heterocycles. The van der Waals surface area contributed by atoms with Crippen LogP contribution in [-0.2, 0) is 9.59 Å².